The van der Waals surface area contributed by atoms with Crippen LogP contribution in [0.15, 0.2) is 60.1 Å². The molecule has 1 atom stereocenters. The van der Waals surface area contributed by atoms with Gasteiger partial charge in [0, 0.05) is 47.7 Å². The van der Waals surface area contributed by atoms with E-state index >= 15 is 0 Å². The normalized spacial score (nSPS) is 15.5. The van der Waals surface area contributed by atoms with Crippen LogP contribution < -0.4 is 5.48 Å². The number of aryl methyl sites for hydroxylation is 1. The number of fused-ring (bicyclic) bond motifs is 2. The van der Waals surface area contributed by atoms with E-state index in [1.807, 2.05) is 11.4 Å². The van der Waals surface area contributed by atoms with Gasteiger partial charge >= 0.3 is 0 Å². The fourth-order valence-electron chi connectivity index (χ4n) is 4.72. The Hall–Kier alpha value is -3.33. The largest absolute Gasteiger partial charge is 0.361 e. The minimum Gasteiger partial charge on any atom is -0.361 e. The van der Waals surface area contributed by atoms with Crippen molar-refractivity contribution in [2.45, 2.75) is 31.8 Å². The average molecular weight is 460 g/mol. The Kier molecular flexibility index (Phi) is 6.30. The second-order valence-electron chi connectivity index (χ2n) is 8.30. The number of aromatic amines is 1. The van der Waals surface area contributed by atoms with Crippen molar-refractivity contribution in [1.82, 2.24) is 25.0 Å². The molecule has 3 N–H and O–H groups in total. The van der Waals surface area contributed by atoms with Crippen LogP contribution in [0.4, 0.5) is 0 Å². The highest BCUT2D eigenvalue weighted by molar-refractivity contribution is 7.03. The monoisotopic (exact) mass is 459 g/mol. The molecule has 33 heavy (non-hydrogen) atoms. The number of benzene rings is 2. The summed E-state index contributed by atoms with van der Waals surface area (Å²) in [7, 11) is 0. The average Bonchev–Trinajstić information content (AvgIpc) is 3.60. The van der Waals surface area contributed by atoms with Crippen molar-refractivity contribution in [3.8, 4) is 0 Å². The zero-order valence-corrected chi connectivity index (χ0v) is 18.9. The molecule has 0 bridgehead atoms. The summed E-state index contributed by atoms with van der Waals surface area (Å²) in [6.07, 6.45) is 8.16. The molecule has 0 spiro atoms. The van der Waals surface area contributed by atoms with Crippen LogP contribution >= 0.6 is 11.5 Å². The first-order valence-electron chi connectivity index (χ1n) is 11.0. The Morgan fingerprint density at radius 3 is 3.06 bits per heavy atom. The lowest BCUT2D eigenvalue weighted by Crippen LogP contribution is -2.29. The molecule has 0 fully saturated rings. The predicted molar refractivity (Wildman–Crippen MR) is 129 cm³/mol. The van der Waals surface area contributed by atoms with E-state index in [4.69, 9.17) is 5.21 Å². The topological polar surface area (TPSA) is 94.1 Å². The molecule has 1 amide bonds. The number of carbonyl (C=O) groups is 1. The molecule has 2 aromatic carbocycles. The van der Waals surface area contributed by atoms with Crippen LogP contribution in [0, 0.1) is 0 Å². The Morgan fingerprint density at radius 1 is 1.30 bits per heavy atom. The molecule has 5 rings (SSSR count). The van der Waals surface area contributed by atoms with Crippen LogP contribution in [0.3, 0.4) is 0 Å². The van der Waals surface area contributed by atoms with Gasteiger partial charge < -0.3 is 4.98 Å². The number of aromatic nitrogens is 3. The summed E-state index contributed by atoms with van der Waals surface area (Å²) in [5, 5.41) is 16.3. The number of nitrogens with one attached hydrogen (secondary N) is 2. The highest BCUT2D eigenvalue weighted by Crippen LogP contribution is 2.37. The zero-order chi connectivity index (χ0) is 22.6. The van der Waals surface area contributed by atoms with Gasteiger partial charge in [-0.3, -0.25) is 14.9 Å². The van der Waals surface area contributed by atoms with E-state index in [1.165, 1.54) is 45.2 Å². The molecule has 8 heteroatoms. The first kappa shape index (κ1) is 21.5. The van der Waals surface area contributed by atoms with Crippen LogP contribution in [0.2, 0.25) is 0 Å². The van der Waals surface area contributed by atoms with Crippen molar-refractivity contribution in [2.75, 3.05) is 6.54 Å². The fourth-order valence-corrected chi connectivity index (χ4v) is 5.16. The van der Waals surface area contributed by atoms with E-state index in [2.05, 4.69) is 62.1 Å². The lowest BCUT2D eigenvalue weighted by molar-refractivity contribution is -0.124. The van der Waals surface area contributed by atoms with Crippen molar-refractivity contribution < 1.29 is 10.0 Å². The SMILES string of the molecule is O=C(/C=C/c1ccc2c(c1)CCC2N(CCc1c[nH]c2ccccc12)Cc1csnn1)NO. The zero-order valence-electron chi connectivity index (χ0n) is 18.1. The van der Waals surface area contributed by atoms with E-state index in [1.54, 1.807) is 11.6 Å². The number of carbonyl (C=O) groups excluding carboxylic acids is 1. The first-order chi connectivity index (χ1) is 16.2. The van der Waals surface area contributed by atoms with Crippen molar-refractivity contribution in [1.29, 1.82) is 0 Å². The Balaban J connectivity index is 1.37. The van der Waals surface area contributed by atoms with Crippen molar-refractivity contribution in [3.05, 3.63) is 88.1 Å². The summed E-state index contributed by atoms with van der Waals surface area (Å²) in [5.41, 5.74) is 8.71. The fraction of sp³-hybridized carbons (Fsp3) is 0.240. The number of rotatable bonds is 8. The van der Waals surface area contributed by atoms with Gasteiger partial charge in [-0.1, -0.05) is 40.9 Å². The summed E-state index contributed by atoms with van der Waals surface area (Å²) < 4.78 is 4.05. The van der Waals surface area contributed by atoms with Crippen LogP contribution in [0.1, 0.15) is 40.4 Å². The van der Waals surface area contributed by atoms with Crippen molar-refractivity contribution in [3.63, 3.8) is 0 Å². The Labute approximate surface area is 195 Å². The van der Waals surface area contributed by atoms with E-state index in [9.17, 15) is 4.79 Å². The van der Waals surface area contributed by atoms with Crippen LogP contribution in [-0.4, -0.2) is 37.1 Å². The molecular weight excluding hydrogens is 434 g/mol. The van der Waals surface area contributed by atoms with Gasteiger partial charge in [-0.05, 0) is 65.2 Å². The third-order valence-electron chi connectivity index (χ3n) is 6.30. The van der Waals surface area contributed by atoms with Gasteiger partial charge in [0.05, 0.1) is 5.69 Å². The lowest BCUT2D eigenvalue weighted by atomic mass is 10.0. The van der Waals surface area contributed by atoms with E-state index in [-0.39, 0.29) is 0 Å². The smallest absolute Gasteiger partial charge is 0.267 e. The lowest BCUT2D eigenvalue weighted by Gasteiger charge is -2.29. The third-order valence-corrected chi connectivity index (χ3v) is 6.86. The minimum atomic E-state index is -0.534. The molecule has 7 nitrogen and oxygen atoms in total. The second-order valence-corrected chi connectivity index (χ2v) is 8.91. The number of hydrogen-bond donors (Lipinski definition) is 3. The maximum atomic E-state index is 11.3. The van der Waals surface area contributed by atoms with Crippen molar-refractivity contribution >= 4 is 34.4 Å². The quantitative estimate of drug-likeness (QED) is 0.208. The third kappa shape index (κ3) is 4.73. The standard InChI is InChI=1S/C25H25N5O2S/c31-25(28-32)10-6-17-5-8-22-18(13-17)7-9-24(22)30(15-20-16-33-29-27-20)12-11-19-14-26-23-4-2-1-3-21(19)23/h1-6,8,10,13-14,16,24,26,32H,7,9,11-12,15H2,(H,28,31)/b10-6+. The molecule has 0 saturated carbocycles. The van der Waals surface area contributed by atoms with Gasteiger partial charge in [0.2, 0.25) is 0 Å². The molecule has 1 aliphatic carbocycles. The molecule has 0 radical (unpaired) electrons. The second kappa shape index (κ2) is 9.66. The number of H-pyrrole nitrogens is 1. The summed E-state index contributed by atoms with van der Waals surface area (Å²) in [5.74, 6) is -0.534. The van der Waals surface area contributed by atoms with E-state index in [0.717, 1.165) is 43.6 Å². The number of hydroxylamine groups is 1. The summed E-state index contributed by atoms with van der Waals surface area (Å²) >= 11 is 1.39. The number of para-hydroxylation sites is 1. The van der Waals surface area contributed by atoms with Crippen molar-refractivity contribution in [2.24, 2.45) is 0 Å². The summed E-state index contributed by atoms with van der Waals surface area (Å²) in [4.78, 5) is 17.2. The molecule has 0 aliphatic heterocycles. The predicted octanol–water partition coefficient (Wildman–Crippen LogP) is 4.27. The van der Waals surface area contributed by atoms with Gasteiger partial charge in [-0.2, -0.15) is 0 Å². The number of nitrogens with zero attached hydrogens (tertiary/aromatic N) is 3. The van der Waals surface area contributed by atoms with Gasteiger partial charge in [-0.25, -0.2) is 5.48 Å². The molecule has 0 saturated heterocycles. The maximum absolute atomic E-state index is 11.3. The first-order valence-corrected chi connectivity index (χ1v) is 11.8. The van der Waals surface area contributed by atoms with E-state index < -0.39 is 5.91 Å². The van der Waals surface area contributed by atoms with Crippen LogP contribution in [-0.2, 0) is 24.2 Å². The molecule has 4 aromatic rings. The molecule has 168 valence electrons. The van der Waals surface area contributed by atoms with Gasteiger partial charge in [0.1, 0.15) is 0 Å². The molecule has 1 unspecified atom stereocenters. The molecule has 2 heterocycles. The highest BCUT2D eigenvalue weighted by atomic mass is 32.1. The molecule has 2 aromatic heterocycles. The number of hydrogen-bond acceptors (Lipinski definition) is 6. The minimum absolute atomic E-state index is 0.311. The highest BCUT2D eigenvalue weighted by Gasteiger charge is 2.28. The summed E-state index contributed by atoms with van der Waals surface area (Å²) in [6, 6.07) is 15.1. The maximum Gasteiger partial charge on any atom is 0.267 e. The molecular formula is C25H25N5O2S. The van der Waals surface area contributed by atoms with Gasteiger partial charge in [0.25, 0.3) is 5.91 Å². The Morgan fingerprint density at radius 2 is 2.21 bits per heavy atom. The Bertz CT molecular complexity index is 1280. The molecule has 1 aliphatic rings. The summed E-state index contributed by atoms with van der Waals surface area (Å²) in [6.45, 7) is 1.68. The van der Waals surface area contributed by atoms with Gasteiger partial charge in [0.15, 0.2) is 0 Å². The van der Waals surface area contributed by atoms with Crippen LogP contribution in [0.25, 0.3) is 17.0 Å². The van der Waals surface area contributed by atoms with E-state index in [0.29, 0.717) is 6.04 Å². The van der Waals surface area contributed by atoms with Crippen LogP contribution in [0.5, 0.6) is 0 Å². The van der Waals surface area contributed by atoms with Gasteiger partial charge in [-0.15, -0.1) is 5.10 Å². The number of amides is 1.